The Bertz CT molecular complexity index is 1170. The van der Waals surface area contributed by atoms with Gasteiger partial charge < -0.3 is 14.2 Å². The maximum atomic E-state index is 13.2. The number of aromatic nitrogens is 2. The fraction of sp³-hybridized carbons (Fsp3) is 0.400. The van der Waals surface area contributed by atoms with Gasteiger partial charge in [-0.1, -0.05) is 12.1 Å². The molecule has 0 aliphatic carbocycles. The summed E-state index contributed by atoms with van der Waals surface area (Å²) in [6.45, 7) is 2.60. The largest absolute Gasteiger partial charge is 0.493 e. The van der Waals surface area contributed by atoms with E-state index in [0.717, 1.165) is 17.3 Å². The van der Waals surface area contributed by atoms with Crippen LogP contribution < -0.4 is 14.2 Å². The van der Waals surface area contributed by atoms with E-state index < -0.39 is 10.0 Å². The Hall–Kier alpha value is -2.47. The number of rotatable bonds is 7. The highest BCUT2D eigenvalue weighted by Gasteiger charge is 2.31. The lowest BCUT2D eigenvalue weighted by molar-refractivity contribution is 0.179. The van der Waals surface area contributed by atoms with E-state index >= 15 is 0 Å². The topological polar surface area (TPSA) is 94.1 Å². The van der Waals surface area contributed by atoms with Crippen LogP contribution in [0.15, 0.2) is 35.2 Å². The van der Waals surface area contributed by atoms with Crippen LogP contribution in [0.1, 0.15) is 5.56 Å². The highest BCUT2D eigenvalue weighted by molar-refractivity contribution is 7.89. The molecule has 1 fully saturated rings. The molecule has 0 bridgehead atoms. The van der Waals surface area contributed by atoms with E-state index in [0.29, 0.717) is 61.0 Å². The highest BCUT2D eigenvalue weighted by atomic mass is 32.2. The molecular weight excluding hydrogens is 440 g/mol. The summed E-state index contributed by atoms with van der Waals surface area (Å²) in [5, 5.41) is 0. The van der Waals surface area contributed by atoms with Crippen molar-refractivity contribution >= 4 is 32.8 Å². The van der Waals surface area contributed by atoms with Crippen molar-refractivity contribution in [1.29, 1.82) is 0 Å². The lowest BCUT2D eigenvalue weighted by atomic mass is 10.1. The van der Waals surface area contributed by atoms with Gasteiger partial charge in [-0.2, -0.15) is 13.1 Å². The molecule has 2 heterocycles. The SMILES string of the molecule is COc1ccc(CN2CCN(S(=O)(=O)c3cccc4nsnc34)CC2)c(OC)c1OC. The van der Waals surface area contributed by atoms with Gasteiger partial charge in [0.15, 0.2) is 11.5 Å². The summed E-state index contributed by atoms with van der Waals surface area (Å²) < 4.78 is 52.6. The Labute approximate surface area is 185 Å². The highest BCUT2D eigenvalue weighted by Crippen LogP contribution is 2.40. The zero-order valence-electron chi connectivity index (χ0n) is 17.6. The van der Waals surface area contributed by atoms with Crippen LogP contribution in [0.3, 0.4) is 0 Å². The Morgan fingerprint density at radius 3 is 2.35 bits per heavy atom. The molecule has 0 saturated carbocycles. The molecule has 4 rings (SSSR count). The van der Waals surface area contributed by atoms with Gasteiger partial charge in [0.2, 0.25) is 15.8 Å². The summed E-state index contributed by atoms with van der Waals surface area (Å²) in [5.41, 5.74) is 1.99. The van der Waals surface area contributed by atoms with Crippen LogP contribution in [0.2, 0.25) is 0 Å². The molecule has 0 N–H and O–H groups in total. The van der Waals surface area contributed by atoms with E-state index in [4.69, 9.17) is 14.2 Å². The van der Waals surface area contributed by atoms with E-state index in [1.54, 1.807) is 39.5 Å². The van der Waals surface area contributed by atoms with Crippen molar-refractivity contribution in [2.45, 2.75) is 11.4 Å². The van der Waals surface area contributed by atoms with Gasteiger partial charge in [0.25, 0.3) is 0 Å². The third-order valence-corrected chi connectivity index (χ3v) is 7.85. The van der Waals surface area contributed by atoms with Crippen LogP contribution in [0.5, 0.6) is 17.2 Å². The number of sulfonamides is 1. The van der Waals surface area contributed by atoms with E-state index in [2.05, 4.69) is 13.6 Å². The van der Waals surface area contributed by atoms with Crippen molar-refractivity contribution in [2.75, 3.05) is 47.5 Å². The number of hydrogen-bond donors (Lipinski definition) is 0. The van der Waals surface area contributed by atoms with Gasteiger partial charge in [-0.05, 0) is 18.2 Å². The monoisotopic (exact) mass is 464 g/mol. The fourth-order valence-electron chi connectivity index (χ4n) is 3.79. The predicted molar refractivity (Wildman–Crippen MR) is 118 cm³/mol. The lowest BCUT2D eigenvalue weighted by Gasteiger charge is -2.34. The minimum Gasteiger partial charge on any atom is -0.493 e. The molecule has 0 amide bonds. The molecule has 0 atom stereocenters. The van der Waals surface area contributed by atoms with Gasteiger partial charge in [0.1, 0.15) is 15.9 Å². The molecule has 11 heteroatoms. The summed E-state index contributed by atoms with van der Waals surface area (Å²) in [4.78, 5) is 2.41. The summed E-state index contributed by atoms with van der Waals surface area (Å²) in [6, 6.07) is 8.86. The molecule has 0 unspecified atom stereocenters. The molecule has 1 aliphatic rings. The van der Waals surface area contributed by atoms with Crippen molar-refractivity contribution in [3.63, 3.8) is 0 Å². The first-order valence-electron chi connectivity index (χ1n) is 9.71. The predicted octanol–water partition coefficient (Wildman–Crippen LogP) is 2.22. The molecule has 31 heavy (non-hydrogen) atoms. The quantitative estimate of drug-likeness (QED) is 0.525. The number of ether oxygens (including phenoxy) is 3. The maximum absolute atomic E-state index is 13.2. The number of fused-ring (bicyclic) bond motifs is 1. The van der Waals surface area contributed by atoms with Gasteiger partial charge >= 0.3 is 0 Å². The lowest BCUT2D eigenvalue weighted by Crippen LogP contribution is -2.48. The number of piperazine rings is 1. The number of hydrogen-bond acceptors (Lipinski definition) is 9. The second-order valence-electron chi connectivity index (χ2n) is 7.06. The molecular formula is C20H24N4O5S2. The van der Waals surface area contributed by atoms with E-state index in [1.165, 1.54) is 4.31 Å². The molecule has 0 spiro atoms. The summed E-state index contributed by atoms with van der Waals surface area (Å²) in [7, 11) is 1.12. The van der Waals surface area contributed by atoms with Crippen LogP contribution in [0.25, 0.3) is 11.0 Å². The van der Waals surface area contributed by atoms with Gasteiger partial charge in [0, 0.05) is 38.3 Å². The van der Waals surface area contributed by atoms with E-state index in [1.807, 2.05) is 12.1 Å². The van der Waals surface area contributed by atoms with E-state index in [-0.39, 0.29) is 4.90 Å². The molecule has 2 aromatic carbocycles. The average Bonchev–Trinajstić information content (AvgIpc) is 3.28. The third-order valence-electron chi connectivity index (χ3n) is 5.38. The zero-order valence-corrected chi connectivity index (χ0v) is 19.2. The number of benzene rings is 2. The van der Waals surface area contributed by atoms with Crippen LogP contribution in [-0.2, 0) is 16.6 Å². The fourth-order valence-corrected chi connectivity index (χ4v) is 5.96. The zero-order chi connectivity index (χ0) is 22.0. The Morgan fingerprint density at radius 2 is 1.68 bits per heavy atom. The normalized spacial score (nSPS) is 15.8. The molecule has 9 nitrogen and oxygen atoms in total. The minimum absolute atomic E-state index is 0.216. The smallest absolute Gasteiger partial charge is 0.245 e. The number of nitrogens with zero attached hydrogens (tertiary/aromatic N) is 4. The van der Waals surface area contributed by atoms with Gasteiger partial charge in [-0.3, -0.25) is 4.90 Å². The minimum atomic E-state index is -3.64. The van der Waals surface area contributed by atoms with Crippen LogP contribution in [0.4, 0.5) is 0 Å². The Kier molecular flexibility index (Phi) is 6.28. The molecule has 1 aliphatic heterocycles. The first-order chi connectivity index (χ1) is 15.0. The first-order valence-corrected chi connectivity index (χ1v) is 11.9. The van der Waals surface area contributed by atoms with Crippen molar-refractivity contribution in [2.24, 2.45) is 0 Å². The molecule has 3 aromatic rings. The van der Waals surface area contributed by atoms with Crippen molar-refractivity contribution < 1.29 is 22.6 Å². The van der Waals surface area contributed by atoms with Crippen molar-refractivity contribution in [3.8, 4) is 17.2 Å². The first kappa shape index (κ1) is 21.8. The summed E-state index contributed by atoms with van der Waals surface area (Å²) in [6.07, 6.45) is 0. The van der Waals surface area contributed by atoms with Crippen LogP contribution in [0, 0.1) is 0 Å². The summed E-state index contributed by atoms with van der Waals surface area (Å²) in [5.74, 6) is 1.78. The maximum Gasteiger partial charge on any atom is 0.245 e. The standard InChI is InChI=1S/C20H24N4O5S2/c1-27-16-8-7-14(19(28-2)20(16)29-3)13-23-9-11-24(12-10-23)31(25,26)17-6-4-5-15-18(17)22-30-21-15/h4-8H,9-13H2,1-3H3. The second kappa shape index (κ2) is 8.95. The van der Waals surface area contributed by atoms with Crippen LogP contribution >= 0.6 is 11.7 Å². The number of methoxy groups -OCH3 is 3. The second-order valence-corrected chi connectivity index (χ2v) is 9.50. The van der Waals surface area contributed by atoms with Gasteiger partial charge in [0.05, 0.1) is 33.1 Å². The van der Waals surface area contributed by atoms with Crippen LogP contribution in [-0.4, -0.2) is 73.9 Å². The molecule has 1 saturated heterocycles. The Morgan fingerprint density at radius 1 is 0.935 bits per heavy atom. The summed E-state index contributed by atoms with van der Waals surface area (Å²) >= 11 is 1.02. The van der Waals surface area contributed by atoms with Gasteiger partial charge in [-0.15, -0.1) is 0 Å². The average molecular weight is 465 g/mol. The molecule has 1 aromatic heterocycles. The van der Waals surface area contributed by atoms with Crippen molar-refractivity contribution in [1.82, 2.24) is 18.0 Å². The molecule has 0 radical (unpaired) electrons. The Balaban J connectivity index is 1.49. The van der Waals surface area contributed by atoms with Gasteiger partial charge in [-0.25, -0.2) is 8.42 Å². The van der Waals surface area contributed by atoms with Crippen molar-refractivity contribution in [3.05, 3.63) is 35.9 Å². The van der Waals surface area contributed by atoms with E-state index in [9.17, 15) is 8.42 Å². The molecule has 166 valence electrons. The third kappa shape index (κ3) is 4.05.